The Bertz CT molecular complexity index is 589. The maximum Gasteiger partial charge on any atom is 0.272 e. The van der Waals surface area contributed by atoms with Crippen molar-refractivity contribution in [2.24, 2.45) is 0 Å². The fraction of sp³-hybridized carbons (Fsp3) is 0.167. The minimum Gasteiger partial charge on any atom is -0.347 e. The van der Waals surface area contributed by atoms with E-state index in [-0.39, 0.29) is 5.69 Å². The van der Waals surface area contributed by atoms with Crippen LogP contribution in [-0.2, 0) is 6.50 Å². The summed E-state index contributed by atoms with van der Waals surface area (Å²) >= 11 is 0. The molecular formula is C12H12N4O. The lowest BCUT2D eigenvalue weighted by Crippen LogP contribution is -2.24. The van der Waals surface area contributed by atoms with Crippen molar-refractivity contribution in [3.63, 3.8) is 0 Å². The van der Waals surface area contributed by atoms with Crippen LogP contribution in [0.3, 0.4) is 0 Å². The first-order chi connectivity index (χ1) is 8.99. The van der Waals surface area contributed by atoms with E-state index < -0.39 is 12.4 Å². The molecule has 0 aliphatic heterocycles. The third kappa shape index (κ3) is 3.07. The fourth-order valence-electron chi connectivity index (χ4n) is 1.20. The number of nitrogens with one attached hydrogen (secondary N) is 1. The topological polar surface area (TPSA) is 67.8 Å². The largest absolute Gasteiger partial charge is 0.347 e. The second-order valence-corrected chi connectivity index (χ2v) is 3.43. The summed E-state index contributed by atoms with van der Waals surface area (Å²) in [5.74, 6) is -0.613. The number of nitrogens with zero attached hydrogens (tertiary/aromatic N) is 3. The molecule has 5 heteroatoms. The van der Waals surface area contributed by atoms with Gasteiger partial charge in [0.05, 0.1) is 8.94 Å². The van der Waals surface area contributed by atoms with Gasteiger partial charge in [-0.15, -0.1) is 5.10 Å². The molecule has 0 aliphatic rings. The molecule has 2 aromatic heterocycles. The summed E-state index contributed by atoms with van der Waals surface area (Å²) in [6.07, 6.45) is 4.45. The van der Waals surface area contributed by atoms with E-state index in [0.717, 1.165) is 5.56 Å². The van der Waals surface area contributed by atoms with E-state index in [0.29, 0.717) is 5.56 Å². The SMILES string of the molecule is [2H]C([2H])(NC(=O)c1cc(C)cnn1)c1ccncc1. The minimum absolute atomic E-state index is 0.0814. The van der Waals surface area contributed by atoms with Crippen molar-refractivity contribution in [2.45, 2.75) is 13.4 Å². The van der Waals surface area contributed by atoms with Crippen molar-refractivity contribution in [2.75, 3.05) is 0 Å². The summed E-state index contributed by atoms with van der Waals surface area (Å²) < 4.78 is 15.7. The molecule has 2 heterocycles. The zero-order valence-corrected chi connectivity index (χ0v) is 9.21. The van der Waals surface area contributed by atoms with E-state index in [1.807, 2.05) is 0 Å². The van der Waals surface area contributed by atoms with Crippen molar-refractivity contribution in [3.05, 3.63) is 53.6 Å². The smallest absolute Gasteiger partial charge is 0.272 e. The van der Waals surface area contributed by atoms with Crippen LogP contribution in [0, 0.1) is 6.92 Å². The Morgan fingerprint density at radius 2 is 2.24 bits per heavy atom. The number of hydrogen-bond donors (Lipinski definition) is 1. The van der Waals surface area contributed by atoms with Crippen LogP contribution in [0.4, 0.5) is 0 Å². The van der Waals surface area contributed by atoms with Crippen molar-refractivity contribution in [1.29, 1.82) is 0 Å². The van der Waals surface area contributed by atoms with Gasteiger partial charge in [-0.05, 0) is 36.2 Å². The van der Waals surface area contributed by atoms with Crippen LogP contribution in [0.2, 0.25) is 0 Å². The summed E-state index contributed by atoms with van der Waals surface area (Å²) in [6.45, 7) is -0.214. The van der Waals surface area contributed by atoms with Crippen LogP contribution in [0.15, 0.2) is 36.8 Å². The maximum absolute atomic E-state index is 11.9. The molecule has 0 saturated heterocycles. The van der Waals surface area contributed by atoms with Gasteiger partial charge in [0, 0.05) is 18.9 Å². The lowest BCUT2D eigenvalue weighted by molar-refractivity contribution is 0.0944. The van der Waals surface area contributed by atoms with Gasteiger partial charge >= 0.3 is 0 Å². The molecule has 0 unspecified atom stereocenters. The number of hydrogen-bond acceptors (Lipinski definition) is 4. The average Bonchev–Trinajstić information content (AvgIpc) is 2.39. The van der Waals surface area contributed by atoms with Gasteiger partial charge in [0.25, 0.3) is 5.91 Å². The Morgan fingerprint density at radius 1 is 1.47 bits per heavy atom. The number of pyridine rings is 1. The molecule has 5 nitrogen and oxygen atoms in total. The molecule has 0 bridgehead atoms. The second-order valence-electron chi connectivity index (χ2n) is 3.43. The first-order valence-corrected chi connectivity index (χ1v) is 5.01. The molecule has 2 rings (SSSR count). The summed E-state index contributed by atoms with van der Waals surface area (Å²) in [5.41, 5.74) is 1.18. The van der Waals surface area contributed by atoms with E-state index in [4.69, 9.17) is 2.74 Å². The molecule has 17 heavy (non-hydrogen) atoms. The van der Waals surface area contributed by atoms with Gasteiger partial charge in [-0.1, -0.05) is 0 Å². The zero-order chi connectivity index (χ0) is 13.9. The first-order valence-electron chi connectivity index (χ1n) is 6.01. The van der Waals surface area contributed by atoms with Gasteiger partial charge in [-0.25, -0.2) is 0 Å². The minimum atomic E-state index is -1.99. The molecule has 1 amide bonds. The zero-order valence-electron chi connectivity index (χ0n) is 11.2. The van der Waals surface area contributed by atoms with Crippen LogP contribution in [-0.4, -0.2) is 21.1 Å². The number of aromatic nitrogens is 3. The Hall–Kier alpha value is -2.30. The monoisotopic (exact) mass is 230 g/mol. The third-order valence-electron chi connectivity index (χ3n) is 2.02. The highest BCUT2D eigenvalue weighted by atomic mass is 16.1. The van der Waals surface area contributed by atoms with Gasteiger partial charge < -0.3 is 5.32 Å². The fourth-order valence-corrected chi connectivity index (χ4v) is 1.20. The van der Waals surface area contributed by atoms with E-state index in [2.05, 4.69) is 20.5 Å². The van der Waals surface area contributed by atoms with Gasteiger partial charge in [-0.2, -0.15) is 5.10 Å². The van der Waals surface area contributed by atoms with Crippen LogP contribution in [0.5, 0.6) is 0 Å². The Morgan fingerprint density at radius 3 is 2.94 bits per heavy atom. The normalized spacial score (nSPS) is 12.5. The van der Waals surface area contributed by atoms with Crippen LogP contribution in [0.25, 0.3) is 0 Å². The van der Waals surface area contributed by atoms with Gasteiger partial charge in [0.1, 0.15) is 0 Å². The number of aryl methyl sites for hydroxylation is 1. The molecular weight excluding hydrogens is 216 g/mol. The molecule has 0 aliphatic carbocycles. The molecule has 0 atom stereocenters. The van der Waals surface area contributed by atoms with Gasteiger partial charge in [0.15, 0.2) is 5.69 Å². The highest BCUT2D eigenvalue weighted by molar-refractivity contribution is 5.92. The van der Waals surface area contributed by atoms with Gasteiger partial charge in [-0.3, -0.25) is 9.78 Å². The second kappa shape index (κ2) is 5.16. The quantitative estimate of drug-likeness (QED) is 0.857. The van der Waals surface area contributed by atoms with E-state index in [1.165, 1.54) is 30.7 Å². The molecule has 0 fully saturated rings. The molecule has 86 valence electrons. The summed E-state index contributed by atoms with van der Waals surface area (Å²) in [7, 11) is 0. The molecule has 0 saturated carbocycles. The average molecular weight is 230 g/mol. The van der Waals surface area contributed by atoms with Crippen molar-refractivity contribution in [1.82, 2.24) is 20.5 Å². The number of carbonyl (C=O) groups excluding carboxylic acids is 1. The maximum atomic E-state index is 11.9. The van der Waals surface area contributed by atoms with E-state index in [9.17, 15) is 4.79 Å². The van der Waals surface area contributed by atoms with Crippen LogP contribution < -0.4 is 5.32 Å². The van der Waals surface area contributed by atoms with Crippen molar-refractivity contribution >= 4 is 5.91 Å². The predicted molar refractivity (Wildman–Crippen MR) is 62.2 cm³/mol. The number of rotatable bonds is 3. The number of carbonyl (C=O) groups is 1. The number of amides is 1. The van der Waals surface area contributed by atoms with Gasteiger partial charge in [0.2, 0.25) is 0 Å². The molecule has 0 aromatic carbocycles. The lowest BCUT2D eigenvalue weighted by Gasteiger charge is -2.04. The van der Waals surface area contributed by atoms with E-state index in [1.54, 1.807) is 13.0 Å². The summed E-state index contributed by atoms with van der Waals surface area (Å²) in [6, 6.07) is 4.55. The first kappa shape index (κ1) is 8.81. The van der Waals surface area contributed by atoms with Crippen molar-refractivity contribution in [3.8, 4) is 0 Å². The summed E-state index contributed by atoms with van der Waals surface area (Å²) in [4.78, 5) is 15.7. The Balaban J connectivity index is 2.19. The van der Waals surface area contributed by atoms with E-state index >= 15 is 0 Å². The molecule has 1 N–H and O–H groups in total. The Kier molecular flexibility index (Phi) is 2.67. The van der Waals surface area contributed by atoms with Crippen LogP contribution in [0.1, 0.15) is 24.4 Å². The van der Waals surface area contributed by atoms with Crippen molar-refractivity contribution < 1.29 is 7.54 Å². The Labute approximate surface area is 102 Å². The molecule has 0 spiro atoms. The predicted octanol–water partition coefficient (Wildman–Crippen LogP) is 1.11. The summed E-state index contributed by atoms with van der Waals surface area (Å²) in [5, 5.41) is 9.62. The lowest BCUT2D eigenvalue weighted by atomic mass is 10.2. The van der Waals surface area contributed by atoms with Crippen LogP contribution >= 0.6 is 0 Å². The third-order valence-corrected chi connectivity index (χ3v) is 2.02. The molecule has 2 aromatic rings. The highest BCUT2D eigenvalue weighted by Crippen LogP contribution is 1.99. The molecule has 0 radical (unpaired) electrons. The highest BCUT2D eigenvalue weighted by Gasteiger charge is 2.07. The standard InChI is InChI=1S/C12H12N4O/c1-9-6-11(16-15-7-9)12(17)14-8-10-2-4-13-5-3-10/h2-7H,8H2,1H3,(H,14,17)/i8D2.